The van der Waals surface area contributed by atoms with Crippen LogP contribution in [-0.4, -0.2) is 11.7 Å². The molecule has 0 aliphatic carbocycles. The molecule has 18 heavy (non-hydrogen) atoms. The van der Waals surface area contributed by atoms with Crippen LogP contribution in [0.4, 0.5) is 0 Å². The average Bonchev–Trinajstić information content (AvgIpc) is 2.63. The number of rotatable bonds is 1. The number of carbonyl (C=O) groups excluding carboxylic acids is 1. The Morgan fingerprint density at radius 3 is 2.33 bits per heavy atom. The van der Waals surface area contributed by atoms with Crippen molar-refractivity contribution in [3.05, 3.63) is 40.5 Å². The van der Waals surface area contributed by atoms with Gasteiger partial charge in [0.1, 0.15) is 11.5 Å². The standard InChI is InChI=1S/C14H15ClN2O/c1-14(2,3)13-16-11(12(18)17-13)8-9-4-6-10(15)7-5-9/h4-8H,1-3H3,(H,16,17,18)/b11-8+. The first-order valence-electron chi connectivity index (χ1n) is 5.74. The van der Waals surface area contributed by atoms with E-state index in [2.05, 4.69) is 10.3 Å². The molecule has 94 valence electrons. The van der Waals surface area contributed by atoms with Crippen molar-refractivity contribution in [2.24, 2.45) is 10.4 Å². The number of carbonyl (C=O) groups is 1. The number of amides is 1. The van der Waals surface area contributed by atoms with Crippen LogP contribution in [0.5, 0.6) is 0 Å². The van der Waals surface area contributed by atoms with Gasteiger partial charge in [-0.25, -0.2) is 4.99 Å². The molecule has 1 heterocycles. The first-order valence-corrected chi connectivity index (χ1v) is 6.12. The minimum atomic E-state index is -0.161. The lowest BCUT2D eigenvalue weighted by molar-refractivity contribution is -0.115. The molecule has 1 amide bonds. The number of benzene rings is 1. The summed E-state index contributed by atoms with van der Waals surface area (Å²) in [6, 6.07) is 7.28. The van der Waals surface area contributed by atoms with Crippen LogP contribution in [-0.2, 0) is 4.79 Å². The highest BCUT2D eigenvalue weighted by Gasteiger charge is 2.28. The predicted molar refractivity (Wildman–Crippen MR) is 74.5 cm³/mol. The molecule has 0 spiro atoms. The van der Waals surface area contributed by atoms with Gasteiger partial charge in [0, 0.05) is 10.4 Å². The molecule has 1 N–H and O–H groups in total. The number of halogens is 1. The van der Waals surface area contributed by atoms with E-state index in [1.807, 2.05) is 32.9 Å². The van der Waals surface area contributed by atoms with E-state index in [1.165, 1.54) is 0 Å². The number of hydrogen-bond donors (Lipinski definition) is 1. The van der Waals surface area contributed by atoms with Gasteiger partial charge in [-0.3, -0.25) is 4.79 Å². The van der Waals surface area contributed by atoms with Crippen molar-refractivity contribution in [2.45, 2.75) is 20.8 Å². The Morgan fingerprint density at radius 1 is 1.22 bits per heavy atom. The fourth-order valence-corrected chi connectivity index (χ4v) is 1.67. The third-order valence-electron chi connectivity index (χ3n) is 2.58. The second kappa shape index (κ2) is 4.58. The molecular weight excluding hydrogens is 248 g/mol. The molecule has 0 saturated heterocycles. The van der Waals surface area contributed by atoms with Crippen molar-refractivity contribution >= 4 is 29.4 Å². The SMILES string of the molecule is CC(C)(C)C1=N/C(=C/c2ccc(Cl)cc2)C(=O)N1. The smallest absolute Gasteiger partial charge is 0.275 e. The van der Waals surface area contributed by atoms with E-state index in [0.717, 1.165) is 5.56 Å². The van der Waals surface area contributed by atoms with E-state index in [1.54, 1.807) is 18.2 Å². The monoisotopic (exact) mass is 262 g/mol. The third kappa shape index (κ3) is 2.79. The van der Waals surface area contributed by atoms with E-state index in [4.69, 9.17) is 11.6 Å². The minimum absolute atomic E-state index is 0.158. The van der Waals surface area contributed by atoms with E-state index in [0.29, 0.717) is 16.6 Å². The topological polar surface area (TPSA) is 41.5 Å². The first-order chi connectivity index (χ1) is 8.36. The summed E-state index contributed by atoms with van der Waals surface area (Å²) in [6.07, 6.45) is 1.75. The second-order valence-electron chi connectivity index (χ2n) is 5.25. The van der Waals surface area contributed by atoms with Crippen LogP contribution in [0.3, 0.4) is 0 Å². The highest BCUT2D eigenvalue weighted by atomic mass is 35.5. The van der Waals surface area contributed by atoms with Gasteiger partial charge in [-0.15, -0.1) is 0 Å². The number of hydrogen-bond acceptors (Lipinski definition) is 2. The molecule has 0 fully saturated rings. The summed E-state index contributed by atoms with van der Waals surface area (Å²) in [5.41, 5.74) is 1.18. The normalized spacial score (nSPS) is 17.9. The summed E-state index contributed by atoms with van der Waals surface area (Å²) in [4.78, 5) is 16.1. The molecule has 0 unspecified atom stereocenters. The average molecular weight is 263 g/mol. The first kappa shape index (κ1) is 12.8. The number of nitrogens with one attached hydrogen (secondary N) is 1. The van der Waals surface area contributed by atoms with Crippen LogP contribution in [0.25, 0.3) is 6.08 Å². The molecule has 0 bridgehead atoms. The molecule has 0 radical (unpaired) electrons. The van der Waals surface area contributed by atoms with E-state index < -0.39 is 0 Å². The van der Waals surface area contributed by atoms with Crippen LogP contribution in [0.2, 0.25) is 5.02 Å². The maximum atomic E-state index is 11.8. The molecule has 0 saturated carbocycles. The molecule has 3 nitrogen and oxygen atoms in total. The molecule has 0 atom stereocenters. The van der Waals surface area contributed by atoms with Crippen molar-refractivity contribution in [1.82, 2.24) is 5.32 Å². The molecule has 4 heteroatoms. The highest BCUT2D eigenvalue weighted by molar-refractivity contribution is 6.30. The van der Waals surface area contributed by atoms with Gasteiger partial charge >= 0.3 is 0 Å². The van der Waals surface area contributed by atoms with E-state index in [9.17, 15) is 4.79 Å². The number of amidine groups is 1. The lowest BCUT2D eigenvalue weighted by Gasteiger charge is -2.16. The molecule has 1 aromatic rings. The molecule has 1 aliphatic heterocycles. The quantitative estimate of drug-likeness (QED) is 0.776. The summed E-state index contributed by atoms with van der Waals surface area (Å²) < 4.78 is 0. The fourth-order valence-electron chi connectivity index (χ4n) is 1.54. The molecule has 0 aromatic heterocycles. The Balaban J connectivity index is 2.31. The Morgan fingerprint density at radius 2 is 1.83 bits per heavy atom. The summed E-state index contributed by atoms with van der Waals surface area (Å²) in [6.45, 7) is 6.03. The molecule has 2 rings (SSSR count). The minimum Gasteiger partial charge on any atom is -0.308 e. The molecule has 1 aliphatic rings. The van der Waals surface area contributed by atoms with Gasteiger partial charge in [0.25, 0.3) is 5.91 Å². The lowest BCUT2D eigenvalue weighted by atomic mass is 9.95. The third-order valence-corrected chi connectivity index (χ3v) is 2.83. The summed E-state index contributed by atoms with van der Waals surface area (Å²) in [5.74, 6) is 0.544. The maximum Gasteiger partial charge on any atom is 0.275 e. The van der Waals surface area contributed by atoms with Crippen molar-refractivity contribution in [3.8, 4) is 0 Å². The Bertz CT molecular complexity index is 536. The maximum absolute atomic E-state index is 11.8. The zero-order valence-corrected chi connectivity index (χ0v) is 11.4. The van der Waals surface area contributed by atoms with Crippen molar-refractivity contribution < 1.29 is 4.79 Å². The van der Waals surface area contributed by atoms with Crippen molar-refractivity contribution in [1.29, 1.82) is 0 Å². The van der Waals surface area contributed by atoms with Gasteiger partial charge in [0.05, 0.1) is 0 Å². The van der Waals surface area contributed by atoms with Gasteiger partial charge in [0.15, 0.2) is 0 Å². The van der Waals surface area contributed by atoms with Crippen LogP contribution in [0, 0.1) is 5.41 Å². The fraction of sp³-hybridized carbons (Fsp3) is 0.286. The van der Waals surface area contributed by atoms with Gasteiger partial charge in [-0.1, -0.05) is 44.5 Å². The van der Waals surface area contributed by atoms with Crippen LogP contribution >= 0.6 is 11.6 Å². The number of aliphatic imine (C=N–C) groups is 1. The van der Waals surface area contributed by atoms with Gasteiger partial charge < -0.3 is 5.32 Å². The Kier molecular flexibility index (Phi) is 3.26. The van der Waals surface area contributed by atoms with E-state index >= 15 is 0 Å². The van der Waals surface area contributed by atoms with Crippen LogP contribution in [0.1, 0.15) is 26.3 Å². The van der Waals surface area contributed by atoms with Crippen molar-refractivity contribution in [2.75, 3.05) is 0 Å². The summed E-state index contributed by atoms with van der Waals surface area (Å²) in [7, 11) is 0. The van der Waals surface area contributed by atoms with Crippen LogP contribution in [0.15, 0.2) is 35.0 Å². The van der Waals surface area contributed by atoms with Crippen molar-refractivity contribution in [3.63, 3.8) is 0 Å². The lowest BCUT2D eigenvalue weighted by Crippen LogP contribution is -2.34. The zero-order valence-electron chi connectivity index (χ0n) is 10.6. The highest BCUT2D eigenvalue weighted by Crippen LogP contribution is 2.22. The summed E-state index contributed by atoms with van der Waals surface area (Å²) in [5, 5.41) is 3.47. The summed E-state index contributed by atoms with van der Waals surface area (Å²) >= 11 is 5.81. The largest absolute Gasteiger partial charge is 0.308 e. The molecule has 1 aromatic carbocycles. The second-order valence-corrected chi connectivity index (χ2v) is 5.68. The predicted octanol–water partition coefficient (Wildman–Crippen LogP) is 3.26. The van der Waals surface area contributed by atoms with Gasteiger partial charge in [-0.05, 0) is 23.8 Å². The molecular formula is C14H15ClN2O. The zero-order chi connectivity index (χ0) is 13.3. The van der Waals surface area contributed by atoms with Gasteiger partial charge in [-0.2, -0.15) is 0 Å². The Labute approximate surface area is 112 Å². The van der Waals surface area contributed by atoms with Gasteiger partial charge in [0.2, 0.25) is 0 Å². The van der Waals surface area contributed by atoms with E-state index in [-0.39, 0.29) is 11.3 Å². The van der Waals surface area contributed by atoms with Crippen LogP contribution < -0.4 is 5.32 Å². The Hall–Kier alpha value is -1.61. The number of nitrogens with zero attached hydrogens (tertiary/aromatic N) is 1.